The monoisotopic (exact) mass is 311 g/mol. The standard InChI is InChI=1S/C14H21N3O3S/c1-9-12(21-8-17-9)7-16-14(20)15-6-10-2-4-11(5-3-10)13(18)19/h8,10-11H,2-7H2,1H3,(H,18,19)(H2,15,16,20). The van der Waals surface area contributed by atoms with Crippen LogP contribution in [-0.4, -0.2) is 28.6 Å². The molecule has 1 saturated carbocycles. The Kier molecular flexibility index (Phi) is 5.55. The Labute approximate surface area is 128 Å². The van der Waals surface area contributed by atoms with Crippen molar-refractivity contribution in [2.24, 2.45) is 11.8 Å². The number of aromatic nitrogens is 1. The SMILES string of the molecule is Cc1ncsc1CNC(=O)NCC1CCC(C(=O)O)CC1. The number of hydrogen-bond acceptors (Lipinski definition) is 4. The number of amides is 2. The molecule has 6 nitrogen and oxygen atoms in total. The summed E-state index contributed by atoms with van der Waals surface area (Å²) in [6.07, 6.45) is 3.16. The zero-order chi connectivity index (χ0) is 15.2. The summed E-state index contributed by atoms with van der Waals surface area (Å²) in [6.45, 7) is 3.03. The van der Waals surface area contributed by atoms with Gasteiger partial charge in [0.2, 0.25) is 0 Å². The summed E-state index contributed by atoms with van der Waals surface area (Å²) in [6, 6.07) is -0.178. The normalized spacial score (nSPS) is 21.8. The molecule has 1 fully saturated rings. The van der Waals surface area contributed by atoms with Gasteiger partial charge < -0.3 is 15.7 Å². The number of aryl methyl sites for hydroxylation is 1. The quantitative estimate of drug-likeness (QED) is 0.777. The maximum Gasteiger partial charge on any atom is 0.315 e. The number of hydrogen-bond donors (Lipinski definition) is 3. The minimum Gasteiger partial charge on any atom is -0.481 e. The van der Waals surface area contributed by atoms with E-state index in [4.69, 9.17) is 5.11 Å². The van der Waals surface area contributed by atoms with Crippen molar-refractivity contribution in [1.29, 1.82) is 0 Å². The summed E-state index contributed by atoms with van der Waals surface area (Å²) in [7, 11) is 0. The molecule has 21 heavy (non-hydrogen) atoms. The van der Waals surface area contributed by atoms with Crippen LogP contribution in [0.25, 0.3) is 0 Å². The van der Waals surface area contributed by atoms with E-state index in [0.29, 0.717) is 31.8 Å². The van der Waals surface area contributed by atoms with E-state index < -0.39 is 5.97 Å². The second kappa shape index (κ2) is 7.40. The highest BCUT2D eigenvalue weighted by Crippen LogP contribution is 2.28. The lowest BCUT2D eigenvalue weighted by Crippen LogP contribution is -2.38. The van der Waals surface area contributed by atoms with Crippen molar-refractivity contribution in [3.63, 3.8) is 0 Å². The van der Waals surface area contributed by atoms with Crippen LogP contribution in [0.5, 0.6) is 0 Å². The van der Waals surface area contributed by atoms with Gasteiger partial charge in [-0.3, -0.25) is 4.79 Å². The first-order valence-corrected chi connectivity index (χ1v) is 8.07. The zero-order valence-electron chi connectivity index (χ0n) is 12.1. The molecule has 2 amide bonds. The van der Waals surface area contributed by atoms with Gasteiger partial charge in [0.1, 0.15) is 0 Å². The molecule has 1 heterocycles. The fourth-order valence-electron chi connectivity index (χ4n) is 2.57. The van der Waals surface area contributed by atoms with E-state index in [1.54, 1.807) is 5.51 Å². The Hall–Kier alpha value is -1.63. The van der Waals surface area contributed by atoms with Crippen LogP contribution in [0.1, 0.15) is 36.3 Å². The summed E-state index contributed by atoms with van der Waals surface area (Å²) in [5.74, 6) is -0.514. The van der Waals surface area contributed by atoms with Crippen molar-refractivity contribution in [1.82, 2.24) is 15.6 Å². The summed E-state index contributed by atoms with van der Waals surface area (Å²) in [4.78, 5) is 27.8. The van der Waals surface area contributed by atoms with E-state index in [0.717, 1.165) is 23.4 Å². The Bertz CT molecular complexity index is 495. The van der Waals surface area contributed by atoms with E-state index in [1.165, 1.54) is 11.3 Å². The van der Waals surface area contributed by atoms with Crippen LogP contribution in [0.15, 0.2) is 5.51 Å². The number of aliphatic carboxylic acids is 1. The number of carboxylic acid groups (broad SMARTS) is 1. The Morgan fingerprint density at radius 2 is 2.05 bits per heavy atom. The van der Waals surface area contributed by atoms with E-state index in [1.807, 2.05) is 6.92 Å². The number of urea groups is 1. The van der Waals surface area contributed by atoms with Crippen molar-refractivity contribution in [3.8, 4) is 0 Å². The smallest absolute Gasteiger partial charge is 0.315 e. The average Bonchev–Trinajstić information content (AvgIpc) is 2.88. The van der Waals surface area contributed by atoms with Crippen molar-refractivity contribution in [3.05, 3.63) is 16.1 Å². The molecule has 0 aromatic carbocycles. The van der Waals surface area contributed by atoms with Crippen LogP contribution >= 0.6 is 11.3 Å². The van der Waals surface area contributed by atoms with Crippen molar-refractivity contribution < 1.29 is 14.7 Å². The molecule has 3 N–H and O–H groups in total. The van der Waals surface area contributed by atoms with E-state index in [9.17, 15) is 9.59 Å². The van der Waals surface area contributed by atoms with Gasteiger partial charge in [0.05, 0.1) is 23.7 Å². The molecular formula is C14H21N3O3S. The van der Waals surface area contributed by atoms with Crippen LogP contribution in [0.2, 0.25) is 0 Å². The van der Waals surface area contributed by atoms with Gasteiger partial charge in [-0.15, -0.1) is 11.3 Å². The van der Waals surface area contributed by atoms with Gasteiger partial charge in [0.15, 0.2) is 0 Å². The topological polar surface area (TPSA) is 91.3 Å². The lowest BCUT2D eigenvalue weighted by molar-refractivity contribution is -0.143. The minimum atomic E-state index is -0.695. The van der Waals surface area contributed by atoms with Crippen molar-refractivity contribution in [2.45, 2.75) is 39.2 Å². The fraction of sp³-hybridized carbons (Fsp3) is 0.643. The number of rotatable bonds is 5. The van der Waals surface area contributed by atoms with Gasteiger partial charge >= 0.3 is 12.0 Å². The van der Waals surface area contributed by atoms with E-state index in [-0.39, 0.29) is 11.9 Å². The predicted molar refractivity (Wildman–Crippen MR) is 80.2 cm³/mol. The van der Waals surface area contributed by atoms with Gasteiger partial charge in [-0.05, 0) is 38.5 Å². The molecule has 1 aliphatic rings. The summed E-state index contributed by atoms with van der Waals surface area (Å²) < 4.78 is 0. The number of thiazole rings is 1. The Morgan fingerprint density at radius 3 is 2.62 bits per heavy atom. The average molecular weight is 311 g/mol. The first kappa shape index (κ1) is 15.8. The molecule has 1 aromatic heterocycles. The maximum absolute atomic E-state index is 11.7. The van der Waals surface area contributed by atoms with Crippen LogP contribution in [0.3, 0.4) is 0 Å². The summed E-state index contributed by atoms with van der Waals surface area (Å²) in [5.41, 5.74) is 2.72. The van der Waals surface area contributed by atoms with Gasteiger partial charge in [-0.1, -0.05) is 0 Å². The molecule has 0 unspecified atom stereocenters. The number of nitrogens with zero attached hydrogens (tertiary/aromatic N) is 1. The van der Waals surface area contributed by atoms with Gasteiger partial charge in [-0.25, -0.2) is 9.78 Å². The van der Waals surface area contributed by atoms with Crippen LogP contribution in [-0.2, 0) is 11.3 Å². The molecule has 1 aliphatic carbocycles. The maximum atomic E-state index is 11.7. The van der Waals surface area contributed by atoms with Crippen LogP contribution in [0.4, 0.5) is 4.79 Å². The number of carbonyl (C=O) groups is 2. The first-order chi connectivity index (χ1) is 10.1. The molecule has 0 atom stereocenters. The number of carboxylic acids is 1. The third-order valence-corrected chi connectivity index (χ3v) is 4.94. The van der Waals surface area contributed by atoms with Gasteiger partial charge in [0.25, 0.3) is 0 Å². The van der Waals surface area contributed by atoms with Crippen LogP contribution < -0.4 is 10.6 Å². The lowest BCUT2D eigenvalue weighted by atomic mass is 9.82. The molecule has 7 heteroatoms. The highest BCUT2D eigenvalue weighted by atomic mass is 32.1. The largest absolute Gasteiger partial charge is 0.481 e. The molecular weight excluding hydrogens is 290 g/mol. The Morgan fingerprint density at radius 1 is 1.33 bits per heavy atom. The third-order valence-electron chi connectivity index (χ3n) is 4.00. The van der Waals surface area contributed by atoms with Crippen molar-refractivity contribution in [2.75, 3.05) is 6.54 Å². The number of nitrogens with one attached hydrogen (secondary N) is 2. The molecule has 2 rings (SSSR count). The molecule has 0 aliphatic heterocycles. The highest BCUT2D eigenvalue weighted by molar-refractivity contribution is 7.09. The highest BCUT2D eigenvalue weighted by Gasteiger charge is 2.25. The second-order valence-corrected chi connectivity index (χ2v) is 6.42. The third kappa shape index (κ3) is 4.70. The molecule has 0 radical (unpaired) electrons. The molecule has 0 saturated heterocycles. The molecule has 0 bridgehead atoms. The van der Waals surface area contributed by atoms with E-state index >= 15 is 0 Å². The second-order valence-electron chi connectivity index (χ2n) is 5.48. The van der Waals surface area contributed by atoms with Gasteiger partial charge in [0, 0.05) is 11.4 Å². The fourth-order valence-corrected chi connectivity index (χ4v) is 3.29. The minimum absolute atomic E-state index is 0.178. The molecule has 116 valence electrons. The predicted octanol–water partition coefficient (Wildman–Crippen LogP) is 2.14. The van der Waals surface area contributed by atoms with E-state index in [2.05, 4.69) is 15.6 Å². The van der Waals surface area contributed by atoms with Crippen LogP contribution in [0, 0.1) is 18.8 Å². The molecule has 1 aromatic rings. The first-order valence-electron chi connectivity index (χ1n) is 7.19. The molecule has 0 spiro atoms. The van der Waals surface area contributed by atoms with Crippen molar-refractivity contribution >= 4 is 23.3 Å². The summed E-state index contributed by atoms with van der Waals surface area (Å²) >= 11 is 1.53. The Balaban J connectivity index is 1.63. The zero-order valence-corrected chi connectivity index (χ0v) is 12.9. The van der Waals surface area contributed by atoms with Gasteiger partial charge in [-0.2, -0.15) is 0 Å². The number of carbonyl (C=O) groups excluding carboxylic acids is 1. The lowest BCUT2D eigenvalue weighted by Gasteiger charge is -2.26. The summed E-state index contributed by atoms with van der Waals surface area (Å²) in [5, 5.41) is 14.6.